The highest BCUT2D eigenvalue weighted by Crippen LogP contribution is 2.34. The zero-order valence-corrected chi connectivity index (χ0v) is 21.2. The van der Waals surface area contributed by atoms with E-state index in [0.29, 0.717) is 17.2 Å². The summed E-state index contributed by atoms with van der Waals surface area (Å²) in [6, 6.07) is 14.6. The normalized spacial score (nSPS) is 12.2. The number of nitro groups is 1. The van der Waals surface area contributed by atoms with E-state index in [2.05, 4.69) is 15.8 Å². The zero-order valence-electron chi connectivity index (χ0n) is 21.2. The number of amides is 2. The molecule has 0 radical (unpaired) electrons. The smallest absolute Gasteiger partial charge is 0.343 e. The van der Waals surface area contributed by atoms with Crippen LogP contribution in [0.4, 0.5) is 11.4 Å². The molecule has 4 rings (SSSR count). The maximum absolute atomic E-state index is 12.8. The number of hydrogen-bond donors (Lipinski definition) is 2. The number of carbonyl (C=O) groups excluding carboxylic acids is 3. The Hall–Kier alpha value is -5.26. The molecule has 0 aliphatic carbocycles. The molecule has 1 heterocycles. The van der Waals surface area contributed by atoms with Crippen LogP contribution < -0.4 is 25.0 Å². The summed E-state index contributed by atoms with van der Waals surface area (Å²) in [6.07, 6.45) is 1.13. The first kappa shape index (κ1) is 26.8. The van der Waals surface area contributed by atoms with Crippen molar-refractivity contribution in [2.45, 2.75) is 20.8 Å². The van der Waals surface area contributed by atoms with Crippen LogP contribution in [-0.4, -0.2) is 35.7 Å². The van der Waals surface area contributed by atoms with Crippen molar-refractivity contribution in [2.75, 3.05) is 12.1 Å². The Balaban J connectivity index is 1.47. The summed E-state index contributed by atoms with van der Waals surface area (Å²) < 4.78 is 15.9. The van der Waals surface area contributed by atoms with Gasteiger partial charge < -0.3 is 19.5 Å². The largest absolute Gasteiger partial charge is 0.454 e. The first-order valence-electron chi connectivity index (χ1n) is 11.7. The third-order valence-electron chi connectivity index (χ3n) is 5.48. The van der Waals surface area contributed by atoms with Gasteiger partial charge in [-0.1, -0.05) is 26.8 Å². The second kappa shape index (κ2) is 11.0. The fraction of sp³-hybridized carbons (Fsp3) is 0.185. The van der Waals surface area contributed by atoms with Gasteiger partial charge in [0.1, 0.15) is 0 Å². The minimum absolute atomic E-state index is 0.0161. The number of ether oxygens (including phenoxy) is 3. The van der Waals surface area contributed by atoms with E-state index in [1.54, 1.807) is 32.9 Å². The molecule has 200 valence electrons. The van der Waals surface area contributed by atoms with Crippen LogP contribution >= 0.6 is 0 Å². The van der Waals surface area contributed by atoms with E-state index >= 15 is 0 Å². The molecule has 3 aromatic rings. The standard InChI is InChI=1S/C27H24N4O8/c1-27(2,3)26(34)29-19-10-7-16(8-11-19)24(32)30-28-14-18-5-4-6-20(31(35)36)23(18)39-25(33)17-9-12-21-22(13-17)38-15-37-21/h4-14H,15H2,1-3H3,(H,29,34)(H,30,32)/b28-14+. The lowest BCUT2D eigenvalue weighted by Gasteiger charge is -2.17. The van der Waals surface area contributed by atoms with Crippen molar-refractivity contribution in [3.05, 3.63) is 87.5 Å². The van der Waals surface area contributed by atoms with Gasteiger partial charge in [0.25, 0.3) is 5.91 Å². The predicted molar refractivity (Wildman–Crippen MR) is 140 cm³/mol. The SMILES string of the molecule is CC(C)(C)C(=O)Nc1ccc(C(=O)N/N=C/c2cccc([N+](=O)[O-])c2OC(=O)c2ccc3c(c2)OCO3)cc1. The summed E-state index contributed by atoms with van der Waals surface area (Å²) in [5.74, 6) is -1.13. The van der Waals surface area contributed by atoms with Crippen molar-refractivity contribution >= 4 is 35.4 Å². The number of hydrazone groups is 1. The second-order valence-corrected chi connectivity index (χ2v) is 9.39. The molecule has 2 amide bonds. The number of esters is 1. The van der Waals surface area contributed by atoms with Gasteiger partial charge in [-0.2, -0.15) is 5.10 Å². The van der Waals surface area contributed by atoms with Crippen LogP contribution in [0.3, 0.4) is 0 Å². The maximum Gasteiger partial charge on any atom is 0.343 e. The van der Waals surface area contributed by atoms with E-state index in [1.807, 2.05) is 0 Å². The predicted octanol–water partition coefficient (Wildman–Crippen LogP) is 4.29. The molecule has 0 aromatic heterocycles. The van der Waals surface area contributed by atoms with E-state index in [0.717, 1.165) is 6.21 Å². The van der Waals surface area contributed by atoms with Gasteiger partial charge in [0, 0.05) is 28.3 Å². The molecular formula is C27H24N4O8. The van der Waals surface area contributed by atoms with Crippen LogP contribution in [0.25, 0.3) is 0 Å². The molecular weight excluding hydrogens is 508 g/mol. The summed E-state index contributed by atoms with van der Waals surface area (Å²) in [4.78, 5) is 48.3. The third-order valence-corrected chi connectivity index (χ3v) is 5.48. The van der Waals surface area contributed by atoms with Crippen LogP contribution in [0, 0.1) is 15.5 Å². The summed E-state index contributed by atoms with van der Waals surface area (Å²) in [5, 5.41) is 18.2. The first-order valence-corrected chi connectivity index (χ1v) is 11.7. The molecule has 0 saturated carbocycles. The van der Waals surface area contributed by atoms with Gasteiger partial charge in [-0.15, -0.1) is 0 Å². The molecule has 12 heteroatoms. The van der Waals surface area contributed by atoms with E-state index < -0.39 is 27.9 Å². The second-order valence-electron chi connectivity index (χ2n) is 9.39. The fourth-order valence-corrected chi connectivity index (χ4v) is 3.32. The average Bonchev–Trinajstić information content (AvgIpc) is 3.37. The number of anilines is 1. The molecule has 0 atom stereocenters. The molecule has 39 heavy (non-hydrogen) atoms. The van der Waals surface area contributed by atoms with Crippen molar-refractivity contribution in [3.63, 3.8) is 0 Å². The Labute approximate surface area is 222 Å². The minimum Gasteiger partial charge on any atom is -0.454 e. The van der Waals surface area contributed by atoms with Gasteiger partial charge in [0.15, 0.2) is 11.5 Å². The van der Waals surface area contributed by atoms with Crippen LogP contribution in [0.15, 0.2) is 65.8 Å². The number of nitrogens with zero attached hydrogens (tertiary/aromatic N) is 2. The van der Waals surface area contributed by atoms with Crippen molar-refractivity contribution < 1.29 is 33.5 Å². The zero-order chi connectivity index (χ0) is 28.2. The van der Waals surface area contributed by atoms with Gasteiger partial charge >= 0.3 is 11.7 Å². The lowest BCUT2D eigenvalue weighted by molar-refractivity contribution is -0.385. The number of carbonyl (C=O) groups is 3. The summed E-state index contributed by atoms with van der Waals surface area (Å²) in [5.41, 5.74) is 2.25. The number of benzene rings is 3. The highest BCUT2D eigenvalue weighted by molar-refractivity contribution is 5.98. The van der Waals surface area contributed by atoms with Crippen LogP contribution in [-0.2, 0) is 4.79 Å². The molecule has 0 unspecified atom stereocenters. The monoisotopic (exact) mass is 532 g/mol. The summed E-state index contributed by atoms with van der Waals surface area (Å²) in [6.45, 7) is 5.37. The minimum atomic E-state index is -0.861. The molecule has 0 fully saturated rings. The van der Waals surface area contributed by atoms with E-state index in [9.17, 15) is 24.5 Å². The van der Waals surface area contributed by atoms with E-state index in [-0.39, 0.29) is 35.1 Å². The number of nitro benzene ring substituents is 1. The van der Waals surface area contributed by atoms with Crippen molar-refractivity contribution in [2.24, 2.45) is 10.5 Å². The molecule has 0 bridgehead atoms. The highest BCUT2D eigenvalue weighted by Gasteiger charge is 2.24. The summed E-state index contributed by atoms with van der Waals surface area (Å²) >= 11 is 0. The Morgan fingerprint density at radius 1 is 1.00 bits per heavy atom. The molecule has 1 aliphatic heterocycles. The Kier molecular flexibility index (Phi) is 7.56. The summed E-state index contributed by atoms with van der Waals surface area (Å²) in [7, 11) is 0. The molecule has 2 N–H and O–H groups in total. The number of nitrogens with one attached hydrogen (secondary N) is 2. The molecule has 1 aliphatic rings. The lowest BCUT2D eigenvalue weighted by Crippen LogP contribution is -2.27. The Bertz CT molecular complexity index is 1480. The highest BCUT2D eigenvalue weighted by atomic mass is 16.7. The topological polar surface area (TPSA) is 158 Å². The maximum atomic E-state index is 12.8. The van der Waals surface area contributed by atoms with Crippen LogP contribution in [0.5, 0.6) is 17.2 Å². The van der Waals surface area contributed by atoms with Crippen molar-refractivity contribution in [3.8, 4) is 17.2 Å². The average molecular weight is 533 g/mol. The third kappa shape index (κ3) is 6.36. The van der Waals surface area contributed by atoms with Gasteiger partial charge in [-0.25, -0.2) is 10.2 Å². The number of para-hydroxylation sites is 1. The van der Waals surface area contributed by atoms with Gasteiger partial charge in [0.2, 0.25) is 18.4 Å². The molecule has 12 nitrogen and oxygen atoms in total. The van der Waals surface area contributed by atoms with Crippen LogP contribution in [0.2, 0.25) is 0 Å². The van der Waals surface area contributed by atoms with E-state index in [1.165, 1.54) is 48.5 Å². The van der Waals surface area contributed by atoms with Gasteiger partial charge in [-0.3, -0.25) is 19.7 Å². The Morgan fingerprint density at radius 3 is 2.38 bits per heavy atom. The number of rotatable bonds is 7. The molecule has 3 aromatic carbocycles. The first-order chi connectivity index (χ1) is 18.5. The lowest BCUT2D eigenvalue weighted by atomic mass is 9.95. The van der Waals surface area contributed by atoms with E-state index in [4.69, 9.17) is 14.2 Å². The van der Waals surface area contributed by atoms with Crippen LogP contribution in [0.1, 0.15) is 47.1 Å². The Morgan fingerprint density at radius 2 is 1.69 bits per heavy atom. The quantitative estimate of drug-likeness (QED) is 0.150. The molecule has 0 saturated heterocycles. The molecule has 0 spiro atoms. The van der Waals surface area contributed by atoms with Crippen molar-refractivity contribution in [1.82, 2.24) is 5.43 Å². The fourth-order valence-electron chi connectivity index (χ4n) is 3.32. The van der Waals surface area contributed by atoms with Gasteiger partial charge in [-0.05, 0) is 48.5 Å². The van der Waals surface area contributed by atoms with Gasteiger partial charge in [0.05, 0.1) is 16.7 Å². The number of hydrogen-bond acceptors (Lipinski definition) is 9. The van der Waals surface area contributed by atoms with Crippen molar-refractivity contribution in [1.29, 1.82) is 0 Å². The number of fused-ring (bicyclic) bond motifs is 1.